The topological polar surface area (TPSA) is 119 Å². The zero-order chi connectivity index (χ0) is 21.7. The van der Waals surface area contributed by atoms with E-state index >= 15 is 0 Å². The van der Waals surface area contributed by atoms with Crippen LogP contribution in [0.4, 0.5) is 5.69 Å². The molecular weight excluding hydrogens is 408 g/mol. The number of carbonyl (C=O) groups is 2. The fourth-order valence-corrected chi connectivity index (χ4v) is 3.85. The van der Waals surface area contributed by atoms with Crippen molar-refractivity contribution in [2.24, 2.45) is 0 Å². The molecule has 9 heteroatoms. The quantitative estimate of drug-likeness (QED) is 0.502. The molecule has 0 fully saturated rings. The van der Waals surface area contributed by atoms with Crippen molar-refractivity contribution in [3.63, 3.8) is 0 Å². The van der Waals surface area contributed by atoms with Crippen molar-refractivity contribution in [3.8, 4) is 0 Å². The van der Waals surface area contributed by atoms with Gasteiger partial charge in [0.05, 0.1) is 23.3 Å². The number of anilines is 1. The number of furan rings is 2. The van der Waals surface area contributed by atoms with E-state index in [4.69, 9.17) is 8.83 Å². The van der Waals surface area contributed by atoms with E-state index in [1.807, 2.05) is 0 Å². The summed E-state index contributed by atoms with van der Waals surface area (Å²) in [4.78, 5) is 23.7. The van der Waals surface area contributed by atoms with Gasteiger partial charge >= 0.3 is 0 Å². The number of carbonyl (C=O) groups excluding carboxylic acids is 2. The van der Waals surface area contributed by atoms with E-state index < -0.39 is 10.0 Å². The zero-order valence-electron chi connectivity index (χ0n) is 16.6. The summed E-state index contributed by atoms with van der Waals surface area (Å²) in [6.45, 7) is 3.22. The number of nitrogens with one attached hydrogen (secondary N) is 2. The van der Waals surface area contributed by atoms with Gasteiger partial charge in [0, 0.05) is 18.5 Å². The maximum Gasteiger partial charge on any atom is 0.240 e. The van der Waals surface area contributed by atoms with E-state index in [0.29, 0.717) is 35.0 Å². The second kappa shape index (κ2) is 9.10. The first-order valence-corrected chi connectivity index (χ1v) is 10.7. The van der Waals surface area contributed by atoms with Crippen LogP contribution in [0.25, 0.3) is 0 Å². The molecule has 158 valence electrons. The zero-order valence-corrected chi connectivity index (χ0v) is 17.4. The first kappa shape index (κ1) is 21.5. The molecule has 0 aliphatic carbocycles. The van der Waals surface area contributed by atoms with Gasteiger partial charge in [0.2, 0.25) is 15.9 Å². The summed E-state index contributed by atoms with van der Waals surface area (Å²) in [5.74, 6) is 1.28. The van der Waals surface area contributed by atoms with Crippen LogP contribution in [0.2, 0.25) is 0 Å². The Hall–Kier alpha value is -3.17. The largest absolute Gasteiger partial charge is 0.468 e. The third kappa shape index (κ3) is 5.46. The van der Waals surface area contributed by atoms with Gasteiger partial charge in [-0.2, -0.15) is 0 Å². The van der Waals surface area contributed by atoms with Gasteiger partial charge in [-0.1, -0.05) is 0 Å². The number of benzene rings is 1. The van der Waals surface area contributed by atoms with Gasteiger partial charge in [0.1, 0.15) is 17.3 Å². The number of Topliss-reactive ketones (excluding diaryl/α,β-unsaturated/α-hetero) is 1. The summed E-state index contributed by atoms with van der Waals surface area (Å²) in [6, 6.07) is 10.9. The Kier molecular flexibility index (Phi) is 6.53. The third-order valence-corrected chi connectivity index (χ3v) is 5.83. The molecule has 0 spiro atoms. The summed E-state index contributed by atoms with van der Waals surface area (Å²) < 4.78 is 37.7. The first-order chi connectivity index (χ1) is 14.2. The minimum absolute atomic E-state index is 0.0470. The van der Waals surface area contributed by atoms with Gasteiger partial charge in [0.25, 0.3) is 0 Å². The van der Waals surface area contributed by atoms with E-state index in [1.54, 1.807) is 25.1 Å². The SMILES string of the molecule is CC(=O)c1cc(CCC(=O)Nc2ccc(S(=O)(=O)NCc3ccco3)cc2)oc1C. The van der Waals surface area contributed by atoms with E-state index in [-0.39, 0.29) is 29.6 Å². The lowest BCUT2D eigenvalue weighted by atomic mass is 10.1. The molecule has 3 rings (SSSR count). The van der Waals surface area contributed by atoms with Gasteiger partial charge in [-0.15, -0.1) is 0 Å². The standard InChI is InChI=1S/C21H22N2O6S/c1-14(24)20-12-17(29-15(20)2)7-10-21(25)23-16-5-8-19(9-6-16)30(26,27)22-13-18-4-3-11-28-18/h3-6,8-9,11-12,22H,7,10,13H2,1-2H3,(H,23,25). The highest BCUT2D eigenvalue weighted by Gasteiger charge is 2.15. The number of sulfonamides is 1. The molecule has 0 aliphatic heterocycles. The molecule has 0 saturated heterocycles. The first-order valence-electron chi connectivity index (χ1n) is 9.27. The molecule has 0 bridgehead atoms. The summed E-state index contributed by atoms with van der Waals surface area (Å²) in [5.41, 5.74) is 0.993. The highest BCUT2D eigenvalue weighted by molar-refractivity contribution is 7.89. The van der Waals surface area contributed by atoms with Gasteiger partial charge < -0.3 is 14.2 Å². The Morgan fingerprint density at radius 3 is 2.40 bits per heavy atom. The minimum Gasteiger partial charge on any atom is -0.468 e. The van der Waals surface area contributed by atoms with Crippen LogP contribution in [0.15, 0.2) is 62.5 Å². The molecule has 0 atom stereocenters. The Labute approximate surface area is 174 Å². The van der Waals surface area contributed by atoms with E-state index in [1.165, 1.54) is 37.5 Å². The normalized spacial score (nSPS) is 11.4. The van der Waals surface area contributed by atoms with Crippen molar-refractivity contribution in [3.05, 3.63) is 71.6 Å². The van der Waals surface area contributed by atoms with Crippen LogP contribution in [-0.2, 0) is 27.8 Å². The molecule has 0 saturated carbocycles. The van der Waals surface area contributed by atoms with Gasteiger partial charge in [0.15, 0.2) is 5.78 Å². The van der Waals surface area contributed by atoms with Gasteiger partial charge in [-0.3, -0.25) is 9.59 Å². The van der Waals surface area contributed by atoms with Crippen molar-refractivity contribution < 1.29 is 26.8 Å². The van der Waals surface area contributed by atoms with Crippen LogP contribution >= 0.6 is 0 Å². The van der Waals surface area contributed by atoms with Crippen LogP contribution in [-0.4, -0.2) is 20.1 Å². The summed E-state index contributed by atoms with van der Waals surface area (Å²) in [6.07, 6.45) is 1.98. The molecule has 0 unspecified atom stereocenters. The fourth-order valence-electron chi connectivity index (χ4n) is 2.86. The van der Waals surface area contributed by atoms with Crippen molar-refractivity contribution >= 4 is 27.4 Å². The monoisotopic (exact) mass is 430 g/mol. The van der Waals surface area contributed by atoms with Crippen molar-refractivity contribution in [2.75, 3.05) is 5.32 Å². The summed E-state index contributed by atoms with van der Waals surface area (Å²) in [5, 5.41) is 2.71. The number of rotatable bonds is 9. The molecule has 2 heterocycles. The third-order valence-electron chi connectivity index (χ3n) is 4.41. The lowest BCUT2D eigenvalue weighted by Gasteiger charge is -2.08. The van der Waals surface area contributed by atoms with Crippen LogP contribution < -0.4 is 10.0 Å². The molecule has 2 N–H and O–H groups in total. The number of hydrogen-bond donors (Lipinski definition) is 2. The van der Waals surface area contributed by atoms with Crippen molar-refractivity contribution in [2.45, 2.75) is 38.1 Å². The van der Waals surface area contributed by atoms with Crippen molar-refractivity contribution in [1.82, 2.24) is 4.72 Å². The number of amides is 1. The highest BCUT2D eigenvalue weighted by atomic mass is 32.2. The molecule has 1 amide bonds. The van der Waals surface area contributed by atoms with Crippen LogP contribution in [0, 0.1) is 6.92 Å². The lowest BCUT2D eigenvalue weighted by Crippen LogP contribution is -2.23. The van der Waals surface area contributed by atoms with E-state index in [9.17, 15) is 18.0 Å². The smallest absolute Gasteiger partial charge is 0.240 e. The molecule has 0 radical (unpaired) electrons. The predicted octanol–water partition coefficient (Wildman–Crippen LogP) is 3.43. The van der Waals surface area contributed by atoms with E-state index in [2.05, 4.69) is 10.0 Å². The Morgan fingerprint density at radius 1 is 1.07 bits per heavy atom. The predicted molar refractivity (Wildman–Crippen MR) is 110 cm³/mol. The minimum atomic E-state index is -3.70. The van der Waals surface area contributed by atoms with E-state index in [0.717, 1.165) is 0 Å². The molecule has 0 aliphatic rings. The van der Waals surface area contributed by atoms with Crippen LogP contribution in [0.3, 0.4) is 0 Å². The summed E-state index contributed by atoms with van der Waals surface area (Å²) in [7, 11) is -3.70. The van der Waals surface area contributed by atoms with Gasteiger partial charge in [-0.05, 0) is 56.3 Å². The highest BCUT2D eigenvalue weighted by Crippen LogP contribution is 2.18. The average molecular weight is 430 g/mol. The average Bonchev–Trinajstić information content (AvgIpc) is 3.35. The fraction of sp³-hybridized carbons (Fsp3) is 0.238. The second-order valence-corrected chi connectivity index (χ2v) is 8.48. The molecule has 3 aromatic rings. The Balaban J connectivity index is 1.53. The van der Waals surface area contributed by atoms with Crippen LogP contribution in [0.5, 0.6) is 0 Å². The molecule has 1 aromatic carbocycles. The number of aryl methyl sites for hydroxylation is 2. The molecule has 8 nitrogen and oxygen atoms in total. The maximum absolute atomic E-state index is 12.3. The van der Waals surface area contributed by atoms with Crippen LogP contribution in [0.1, 0.15) is 41.0 Å². The molecule has 30 heavy (non-hydrogen) atoms. The lowest BCUT2D eigenvalue weighted by molar-refractivity contribution is -0.116. The Bertz CT molecular complexity index is 1130. The second-order valence-electron chi connectivity index (χ2n) is 6.72. The molecular formula is C21H22N2O6S. The molecule has 2 aromatic heterocycles. The number of ketones is 1. The maximum atomic E-state index is 12.3. The Morgan fingerprint density at radius 2 is 1.80 bits per heavy atom. The van der Waals surface area contributed by atoms with Crippen molar-refractivity contribution in [1.29, 1.82) is 0 Å². The van der Waals surface area contributed by atoms with Gasteiger partial charge in [-0.25, -0.2) is 13.1 Å². The number of hydrogen-bond acceptors (Lipinski definition) is 6. The summed E-state index contributed by atoms with van der Waals surface area (Å²) >= 11 is 0.